The van der Waals surface area contributed by atoms with Gasteiger partial charge in [-0.05, 0) is 31.5 Å². The number of rotatable bonds is 3. The standard InChI is InChI=1S/C22H22ClF3N4O2/c1-13-3-4-17(14(2)9-13)30-19(31)11-18(21(30)32)28-5-7-29(8-6-28)20-16(23)10-15(12-27-20)22(24,25)26/h3-4,9-10,12,18H,5-8,11H2,1-2H3. The molecule has 0 bridgehead atoms. The third kappa shape index (κ3) is 4.19. The Hall–Kier alpha value is -2.65. The van der Waals surface area contributed by atoms with E-state index in [4.69, 9.17) is 11.6 Å². The highest BCUT2D eigenvalue weighted by Crippen LogP contribution is 2.34. The second-order valence-corrected chi connectivity index (χ2v) is 8.53. The van der Waals surface area contributed by atoms with Crippen molar-refractivity contribution >= 4 is 34.9 Å². The number of aromatic nitrogens is 1. The van der Waals surface area contributed by atoms with Gasteiger partial charge in [-0.3, -0.25) is 14.5 Å². The summed E-state index contributed by atoms with van der Waals surface area (Å²) in [4.78, 5) is 34.7. The van der Waals surface area contributed by atoms with Crippen LogP contribution in [0, 0.1) is 13.8 Å². The quantitative estimate of drug-likeness (QED) is 0.644. The van der Waals surface area contributed by atoms with Gasteiger partial charge in [-0.25, -0.2) is 9.88 Å². The summed E-state index contributed by atoms with van der Waals surface area (Å²) in [6, 6.07) is 5.91. The maximum absolute atomic E-state index is 13.1. The van der Waals surface area contributed by atoms with Gasteiger partial charge in [0.1, 0.15) is 5.82 Å². The molecule has 2 aliphatic heterocycles. The van der Waals surface area contributed by atoms with E-state index in [1.165, 1.54) is 4.90 Å². The van der Waals surface area contributed by atoms with Gasteiger partial charge in [0.2, 0.25) is 5.91 Å². The van der Waals surface area contributed by atoms with Crippen LogP contribution in [0.4, 0.5) is 24.7 Å². The Labute approximate surface area is 188 Å². The molecule has 32 heavy (non-hydrogen) atoms. The van der Waals surface area contributed by atoms with Crippen LogP contribution < -0.4 is 9.80 Å². The number of piperazine rings is 1. The highest BCUT2D eigenvalue weighted by atomic mass is 35.5. The fourth-order valence-corrected chi connectivity index (χ4v) is 4.56. The number of alkyl halides is 3. The summed E-state index contributed by atoms with van der Waals surface area (Å²) < 4.78 is 38.6. The zero-order chi connectivity index (χ0) is 23.2. The molecule has 0 spiro atoms. The molecule has 1 aromatic carbocycles. The summed E-state index contributed by atoms with van der Waals surface area (Å²) in [7, 11) is 0. The Kier molecular flexibility index (Phi) is 5.89. The predicted molar refractivity (Wildman–Crippen MR) is 115 cm³/mol. The fraction of sp³-hybridized carbons (Fsp3) is 0.409. The van der Waals surface area contributed by atoms with Crippen LogP contribution in [0.2, 0.25) is 5.02 Å². The van der Waals surface area contributed by atoms with Gasteiger partial charge >= 0.3 is 6.18 Å². The maximum atomic E-state index is 13.1. The van der Waals surface area contributed by atoms with Crippen molar-refractivity contribution in [2.75, 3.05) is 36.0 Å². The highest BCUT2D eigenvalue weighted by Gasteiger charge is 2.44. The smallest absolute Gasteiger partial charge is 0.353 e. The average molecular weight is 467 g/mol. The van der Waals surface area contributed by atoms with Gasteiger partial charge in [-0.15, -0.1) is 0 Å². The number of carbonyl (C=O) groups excluding carboxylic acids is 2. The van der Waals surface area contributed by atoms with E-state index in [2.05, 4.69) is 4.98 Å². The van der Waals surface area contributed by atoms with E-state index in [9.17, 15) is 22.8 Å². The molecule has 2 saturated heterocycles. The first-order valence-corrected chi connectivity index (χ1v) is 10.6. The molecule has 6 nitrogen and oxygen atoms in total. The lowest BCUT2D eigenvalue weighted by Crippen LogP contribution is -2.53. The van der Waals surface area contributed by atoms with Crippen LogP contribution in [0.25, 0.3) is 0 Å². The zero-order valence-corrected chi connectivity index (χ0v) is 18.4. The third-order valence-electron chi connectivity index (χ3n) is 5.92. The molecule has 2 aliphatic rings. The number of halogens is 4. The van der Waals surface area contributed by atoms with Crippen molar-refractivity contribution < 1.29 is 22.8 Å². The molecule has 1 atom stereocenters. The number of hydrogen-bond acceptors (Lipinski definition) is 5. The van der Waals surface area contributed by atoms with Crippen molar-refractivity contribution in [1.82, 2.24) is 9.88 Å². The summed E-state index contributed by atoms with van der Waals surface area (Å²) in [6.07, 6.45) is -3.63. The number of amides is 2. The van der Waals surface area contributed by atoms with Crippen LogP contribution in [0.15, 0.2) is 30.5 Å². The first kappa shape index (κ1) is 22.5. The van der Waals surface area contributed by atoms with Gasteiger partial charge in [0.25, 0.3) is 5.91 Å². The van der Waals surface area contributed by atoms with Crippen LogP contribution in [0.1, 0.15) is 23.1 Å². The summed E-state index contributed by atoms with van der Waals surface area (Å²) in [5, 5.41) is -0.0681. The lowest BCUT2D eigenvalue weighted by molar-refractivity contribution is -0.137. The van der Waals surface area contributed by atoms with E-state index >= 15 is 0 Å². The monoisotopic (exact) mass is 466 g/mol. The van der Waals surface area contributed by atoms with Crippen molar-refractivity contribution in [2.24, 2.45) is 0 Å². The Morgan fingerprint density at radius 3 is 2.34 bits per heavy atom. The third-order valence-corrected chi connectivity index (χ3v) is 6.20. The Morgan fingerprint density at radius 1 is 1.06 bits per heavy atom. The van der Waals surface area contributed by atoms with Crippen molar-refractivity contribution in [3.8, 4) is 0 Å². The number of benzene rings is 1. The molecule has 3 heterocycles. The van der Waals surface area contributed by atoms with Crippen LogP contribution in [-0.4, -0.2) is 53.9 Å². The number of imide groups is 1. The van der Waals surface area contributed by atoms with E-state index in [1.807, 2.05) is 30.9 Å². The van der Waals surface area contributed by atoms with Crippen LogP contribution in [0.5, 0.6) is 0 Å². The average Bonchev–Trinajstić information content (AvgIpc) is 3.02. The normalized spacial score (nSPS) is 20.4. The molecule has 2 amide bonds. The molecule has 1 aromatic heterocycles. The topological polar surface area (TPSA) is 56.8 Å². The van der Waals surface area contributed by atoms with Gasteiger partial charge < -0.3 is 4.90 Å². The minimum Gasteiger partial charge on any atom is -0.353 e. The molecular weight excluding hydrogens is 445 g/mol. The number of pyridine rings is 1. The van der Waals surface area contributed by atoms with Crippen molar-refractivity contribution in [1.29, 1.82) is 0 Å². The second kappa shape index (κ2) is 8.37. The first-order valence-electron chi connectivity index (χ1n) is 10.2. The molecule has 1 unspecified atom stereocenters. The second-order valence-electron chi connectivity index (χ2n) is 8.13. The van der Waals surface area contributed by atoms with Crippen LogP contribution in [0.3, 0.4) is 0 Å². The van der Waals surface area contributed by atoms with Crippen molar-refractivity contribution in [3.63, 3.8) is 0 Å². The largest absolute Gasteiger partial charge is 0.417 e. The SMILES string of the molecule is Cc1ccc(N2C(=O)CC(N3CCN(c4ncc(C(F)(F)F)cc4Cl)CC3)C2=O)c(C)c1. The number of aryl methyl sites for hydroxylation is 2. The Balaban J connectivity index is 1.45. The molecule has 0 N–H and O–H groups in total. The lowest BCUT2D eigenvalue weighted by atomic mass is 10.1. The molecule has 4 rings (SSSR count). The minimum atomic E-state index is -4.51. The first-order chi connectivity index (χ1) is 15.1. The molecule has 2 aromatic rings. The predicted octanol–water partition coefficient (Wildman–Crippen LogP) is 3.82. The number of hydrogen-bond donors (Lipinski definition) is 0. The van der Waals surface area contributed by atoms with Crippen LogP contribution >= 0.6 is 11.6 Å². The number of anilines is 2. The molecule has 0 saturated carbocycles. The van der Waals surface area contributed by atoms with E-state index in [0.29, 0.717) is 31.9 Å². The summed E-state index contributed by atoms with van der Waals surface area (Å²) in [6.45, 7) is 5.60. The summed E-state index contributed by atoms with van der Waals surface area (Å²) in [5.74, 6) is -0.201. The van der Waals surface area contributed by atoms with Crippen LogP contribution in [-0.2, 0) is 15.8 Å². The molecule has 0 radical (unpaired) electrons. The van der Waals surface area contributed by atoms with E-state index in [1.54, 1.807) is 11.0 Å². The molecule has 170 valence electrons. The maximum Gasteiger partial charge on any atom is 0.417 e. The Morgan fingerprint density at radius 2 is 1.75 bits per heavy atom. The summed E-state index contributed by atoms with van der Waals surface area (Å²) >= 11 is 6.06. The number of carbonyl (C=O) groups is 2. The van der Waals surface area contributed by atoms with Gasteiger partial charge in [0, 0.05) is 32.4 Å². The van der Waals surface area contributed by atoms with E-state index < -0.39 is 17.8 Å². The van der Waals surface area contributed by atoms with E-state index in [0.717, 1.165) is 23.4 Å². The minimum absolute atomic E-state index is 0.0681. The van der Waals surface area contributed by atoms with Gasteiger partial charge in [0.05, 0.1) is 28.7 Å². The van der Waals surface area contributed by atoms with E-state index in [-0.39, 0.29) is 29.1 Å². The zero-order valence-electron chi connectivity index (χ0n) is 17.6. The fourth-order valence-electron chi connectivity index (χ4n) is 4.27. The van der Waals surface area contributed by atoms with Crippen molar-refractivity contribution in [3.05, 3.63) is 52.2 Å². The highest BCUT2D eigenvalue weighted by molar-refractivity contribution is 6.33. The van der Waals surface area contributed by atoms with Gasteiger partial charge in [0.15, 0.2) is 0 Å². The number of nitrogens with zero attached hydrogens (tertiary/aromatic N) is 4. The molecule has 0 aliphatic carbocycles. The Bertz CT molecular complexity index is 1070. The van der Waals surface area contributed by atoms with Gasteiger partial charge in [-0.2, -0.15) is 13.2 Å². The summed E-state index contributed by atoms with van der Waals surface area (Å²) in [5.41, 5.74) is 1.62. The van der Waals surface area contributed by atoms with Gasteiger partial charge in [-0.1, -0.05) is 29.3 Å². The van der Waals surface area contributed by atoms with Crippen molar-refractivity contribution in [2.45, 2.75) is 32.5 Å². The molecular formula is C22H22ClF3N4O2. The lowest BCUT2D eigenvalue weighted by Gasteiger charge is -2.37. The molecule has 2 fully saturated rings. The molecule has 10 heteroatoms.